The van der Waals surface area contributed by atoms with Gasteiger partial charge in [0.2, 0.25) is 10.0 Å². The molecule has 0 unspecified atom stereocenters. The molecular formula is C24H24N2O4S. The average Bonchev–Trinajstić information content (AvgIpc) is 3.35. The fourth-order valence-corrected chi connectivity index (χ4v) is 5.16. The average molecular weight is 437 g/mol. The monoisotopic (exact) mass is 436 g/mol. The molecule has 1 heterocycles. The number of benzene rings is 3. The van der Waals surface area contributed by atoms with E-state index in [0.29, 0.717) is 24.5 Å². The molecule has 0 bridgehead atoms. The zero-order chi connectivity index (χ0) is 21.7. The number of carbonyl (C=O) groups is 1. The second kappa shape index (κ2) is 9.32. The Morgan fingerprint density at radius 2 is 1.61 bits per heavy atom. The molecule has 1 saturated heterocycles. The molecule has 3 aromatic carbocycles. The van der Waals surface area contributed by atoms with E-state index < -0.39 is 10.0 Å². The molecule has 1 amide bonds. The molecule has 0 spiro atoms. The van der Waals surface area contributed by atoms with Gasteiger partial charge in [-0.25, -0.2) is 8.42 Å². The molecule has 31 heavy (non-hydrogen) atoms. The number of anilines is 1. The summed E-state index contributed by atoms with van der Waals surface area (Å²) in [7, 11) is -3.54. The van der Waals surface area contributed by atoms with Crippen molar-refractivity contribution in [3.05, 3.63) is 78.9 Å². The Hall–Kier alpha value is -3.16. The van der Waals surface area contributed by atoms with Crippen LogP contribution in [0.4, 0.5) is 5.69 Å². The molecule has 1 aliphatic rings. The largest absolute Gasteiger partial charge is 0.483 e. The smallest absolute Gasteiger partial charge is 0.262 e. The van der Waals surface area contributed by atoms with E-state index in [-0.39, 0.29) is 17.4 Å². The number of carbonyl (C=O) groups excluding carboxylic acids is 1. The van der Waals surface area contributed by atoms with Crippen LogP contribution < -0.4 is 10.1 Å². The summed E-state index contributed by atoms with van der Waals surface area (Å²) >= 11 is 0. The molecule has 1 aliphatic heterocycles. The van der Waals surface area contributed by atoms with Gasteiger partial charge in [0.15, 0.2) is 6.61 Å². The Kier molecular flexibility index (Phi) is 6.34. The van der Waals surface area contributed by atoms with Crippen molar-refractivity contribution in [3.8, 4) is 16.9 Å². The number of rotatable bonds is 7. The minimum absolute atomic E-state index is 0.183. The van der Waals surface area contributed by atoms with Crippen molar-refractivity contribution in [1.82, 2.24) is 4.31 Å². The Labute approximate surface area is 182 Å². The van der Waals surface area contributed by atoms with Crippen molar-refractivity contribution in [1.29, 1.82) is 0 Å². The van der Waals surface area contributed by atoms with E-state index >= 15 is 0 Å². The van der Waals surface area contributed by atoms with Crippen LogP contribution in [0, 0.1) is 0 Å². The Morgan fingerprint density at radius 1 is 0.903 bits per heavy atom. The summed E-state index contributed by atoms with van der Waals surface area (Å²) in [6.07, 6.45) is 1.74. The fourth-order valence-electron chi connectivity index (χ4n) is 3.60. The molecular weight excluding hydrogens is 412 g/mol. The van der Waals surface area contributed by atoms with E-state index in [1.54, 1.807) is 18.2 Å². The molecule has 1 N–H and O–H groups in total. The minimum atomic E-state index is -3.54. The zero-order valence-corrected chi connectivity index (χ0v) is 17.8. The van der Waals surface area contributed by atoms with Crippen molar-refractivity contribution >= 4 is 21.6 Å². The first-order chi connectivity index (χ1) is 15.0. The lowest BCUT2D eigenvalue weighted by atomic mass is 10.1. The number of ether oxygens (including phenoxy) is 1. The van der Waals surface area contributed by atoms with Gasteiger partial charge in [0, 0.05) is 24.3 Å². The number of sulfonamides is 1. The standard InChI is InChI=1S/C24H24N2O4S/c27-24(18-30-23-14-5-4-13-22(23)19-9-2-1-3-10-19)25-20-11-8-12-21(17-20)31(28,29)26-15-6-7-16-26/h1-5,8-14,17H,6-7,15-16,18H2,(H,25,27). The summed E-state index contributed by atoms with van der Waals surface area (Å²) in [6, 6.07) is 23.7. The zero-order valence-electron chi connectivity index (χ0n) is 17.0. The summed E-state index contributed by atoms with van der Waals surface area (Å²) < 4.78 is 32.7. The fraction of sp³-hybridized carbons (Fsp3) is 0.208. The summed E-state index contributed by atoms with van der Waals surface area (Å²) in [4.78, 5) is 12.6. The van der Waals surface area contributed by atoms with E-state index in [2.05, 4.69) is 5.32 Å². The minimum Gasteiger partial charge on any atom is -0.483 e. The van der Waals surface area contributed by atoms with Crippen LogP contribution in [0.25, 0.3) is 11.1 Å². The number of nitrogens with zero attached hydrogens (tertiary/aromatic N) is 1. The highest BCUT2D eigenvalue weighted by atomic mass is 32.2. The highest BCUT2D eigenvalue weighted by Crippen LogP contribution is 2.29. The molecule has 0 aliphatic carbocycles. The number of hydrogen-bond acceptors (Lipinski definition) is 4. The van der Waals surface area contributed by atoms with Gasteiger partial charge < -0.3 is 10.1 Å². The van der Waals surface area contributed by atoms with Gasteiger partial charge in [-0.05, 0) is 42.7 Å². The molecule has 160 valence electrons. The number of hydrogen-bond donors (Lipinski definition) is 1. The van der Waals surface area contributed by atoms with E-state index in [1.165, 1.54) is 10.4 Å². The van der Waals surface area contributed by atoms with E-state index in [0.717, 1.165) is 24.0 Å². The third kappa shape index (κ3) is 4.95. The summed E-state index contributed by atoms with van der Waals surface area (Å²) in [5.41, 5.74) is 2.32. The van der Waals surface area contributed by atoms with E-state index in [4.69, 9.17) is 4.74 Å². The molecule has 1 fully saturated rings. The number of para-hydroxylation sites is 1. The van der Waals surface area contributed by atoms with Crippen LogP contribution in [0.3, 0.4) is 0 Å². The third-order valence-corrected chi connectivity index (χ3v) is 7.05. The molecule has 0 atom stereocenters. The maximum absolute atomic E-state index is 12.7. The molecule has 0 saturated carbocycles. The second-order valence-electron chi connectivity index (χ2n) is 7.34. The van der Waals surface area contributed by atoms with Gasteiger partial charge in [-0.3, -0.25) is 4.79 Å². The Balaban J connectivity index is 1.43. The highest BCUT2D eigenvalue weighted by molar-refractivity contribution is 7.89. The van der Waals surface area contributed by atoms with E-state index in [1.807, 2.05) is 54.6 Å². The van der Waals surface area contributed by atoms with Crippen LogP contribution in [0.2, 0.25) is 0 Å². The van der Waals surface area contributed by atoms with Gasteiger partial charge in [0.1, 0.15) is 5.75 Å². The van der Waals surface area contributed by atoms with Crippen LogP contribution >= 0.6 is 0 Å². The molecule has 0 radical (unpaired) electrons. The first-order valence-electron chi connectivity index (χ1n) is 10.2. The highest BCUT2D eigenvalue weighted by Gasteiger charge is 2.27. The summed E-state index contributed by atoms with van der Waals surface area (Å²) in [5, 5.41) is 2.73. The number of nitrogens with one attached hydrogen (secondary N) is 1. The van der Waals surface area contributed by atoms with Gasteiger partial charge in [-0.2, -0.15) is 4.31 Å². The molecule has 6 nitrogen and oxygen atoms in total. The lowest BCUT2D eigenvalue weighted by Crippen LogP contribution is -2.28. The Bertz CT molecular complexity index is 1160. The first-order valence-corrected chi connectivity index (χ1v) is 11.7. The summed E-state index contributed by atoms with van der Waals surface area (Å²) in [5.74, 6) is 0.243. The molecule has 7 heteroatoms. The van der Waals surface area contributed by atoms with Crippen molar-refractivity contribution in [2.45, 2.75) is 17.7 Å². The molecule has 0 aromatic heterocycles. The lowest BCUT2D eigenvalue weighted by Gasteiger charge is -2.16. The van der Waals surface area contributed by atoms with Crippen LogP contribution in [0.5, 0.6) is 5.75 Å². The van der Waals surface area contributed by atoms with Gasteiger partial charge in [0.25, 0.3) is 5.91 Å². The van der Waals surface area contributed by atoms with Crippen LogP contribution in [0.15, 0.2) is 83.8 Å². The summed E-state index contributed by atoms with van der Waals surface area (Å²) in [6.45, 7) is 0.883. The van der Waals surface area contributed by atoms with Crippen LogP contribution in [-0.4, -0.2) is 38.3 Å². The predicted octanol–water partition coefficient (Wildman–Crippen LogP) is 4.16. The maximum atomic E-state index is 12.7. The van der Waals surface area contributed by atoms with Crippen molar-refractivity contribution < 1.29 is 17.9 Å². The normalized spacial score (nSPS) is 14.3. The third-order valence-electron chi connectivity index (χ3n) is 5.15. The van der Waals surface area contributed by atoms with Gasteiger partial charge in [-0.1, -0.05) is 54.6 Å². The van der Waals surface area contributed by atoms with Crippen molar-refractivity contribution in [3.63, 3.8) is 0 Å². The van der Waals surface area contributed by atoms with Crippen LogP contribution in [0.1, 0.15) is 12.8 Å². The Morgan fingerprint density at radius 3 is 2.39 bits per heavy atom. The first kappa shape index (κ1) is 21.1. The van der Waals surface area contributed by atoms with Gasteiger partial charge in [-0.15, -0.1) is 0 Å². The number of amides is 1. The van der Waals surface area contributed by atoms with Crippen molar-refractivity contribution in [2.24, 2.45) is 0 Å². The topological polar surface area (TPSA) is 75.7 Å². The molecule has 3 aromatic rings. The lowest BCUT2D eigenvalue weighted by molar-refractivity contribution is -0.118. The second-order valence-corrected chi connectivity index (χ2v) is 9.28. The maximum Gasteiger partial charge on any atom is 0.262 e. The SMILES string of the molecule is O=C(COc1ccccc1-c1ccccc1)Nc1cccc(S(=O)(=O)N2CCCC2)c1. The quantitative estimate of drug-likeness (QED) is 0.604. The van der Waals surface area contributed by atoms with Gasteiger partial charge >= 0.3 is 0 Å². The predicted molar refractivity (Wildman–Crippen MR) is 120 cm³/mol. The van der Waals surface area contributed by atoms with E-state index in [9.17, 15) is 13.2 Å². The van der Waals surface area contributed by atoms with Gasteiger partial charge in [0.05, 0.1) is 4.90 Å². The van der Waals surface area contributed by atoms with Crippen molar-refractivity contribution in [2.75, 3.05) is 25.0 Å². The molecule has 4 rings (SSSR count). The van der Waals surface area contributed by atoms with Crippen LogP contribution in [-0.2, 0) is 14.8 Å².